The Morgan fingerprint density at radius 1 is 1.06 bits per heavy atom. The molecule has 5 rings (SSSR count). The van der Waals surface area contributed by atoms with E-state index in [1.165, 1.54) is 17.9 Å². The third-order valence-electron chi connectivity index (χ3n) is 6.55. The van der Waals surface area contributed by atoms with Crippen molar-refractivity contribution in [1.29, 1.82) is 0 Å². The largest absolute Gasteiger partial charge is 0.326 e. The first-order valence-electron chi connectivity index (χ1n) is 11.4. The van der Waals surface area contributed by atoms with Crippen molar-refractivity contribution in [2.24, 2.45) is 0 Å². The molecule has 0 saturated carbocycles. The van der Waals surface area contributed by atoms with Crippen molar-refractivity contribution in [1.82, 2.24) is 19.7 Å². The van der Waals surface area contributed by atoms with E-state index in [0.717, 1.165) is 49.2 Å². The number of amides is 2. The van der Waals surface area contributed by atoms with Crippen molar-refractivity contribution in [3.05, 3.63) is 65.2 Å². The Kier molecular flexibility index (Phi) is 5.66. The number of carbonyl (C=O) groups is 2. The standard InChI is InChI=1S/C25H26FN5O2/c1-16(32)31-15-19-8-5-4-7-17(19)14-22(31)25(33)27-21-13-18(10-11-20(21)26)24-29-28-23-9-3-2-6-12-30(23)24/h4-5,7-8,10-11,13,22H,2-3,6,9,12,14-15H2,1H3,(H,27,33). The van der Waals surface area contributed by atoms with E-state index in [9.17, 15) is 14.0 Å². The van der Waals surface area contributed by atoms with Crippen molar-refractivity contribution < 1.29 is 14.0 Å². The molecule has 0 aliphatic carbocycles. The number of hydrogen-bond acceptors (Lipinski definition) is 4. The zero-order valence-electron chi connectivity index (χ0n) is 18.6. The van der Waals surface area contributed by atoms with Crippen LogP contribution in [0.2, 0.25) is 0 Å². The SMILES string of the molecule is CC(=O)N1Cc2ccccc2CC1C(=O)Nc1cc(-c2nnc3n2CCCCC3)ccc1F. The molecule has 7 nitrogen and oxygen atoms in total. The molecule has 2 aliphatic heterocycles. The lowest BCUT2D eigenvalue weighted by Crippen LogP contribution is -2.50. The van der Waals surface area contributed by atoms with E-state index < -0.39 is 17.8 Å². The summed E-state index contributed by atoms with van der Waals surface area (Å²) in [6.45, 7) is 2.64. The quantitative estimate of drug-likeness (QED) is 0.664. The normalized spacial score (nSPS) is 17.6. The molecular formula is C25H26FN5O2. The Balaban J connectivity index is 1.42. The molecule has 33 heavy (non-hydrogen) atoms. The fraction of sp³-hybridized carbons (Fsp3) is 0.360. The van der Waals surface area contributed by atoms with Crippen LogP contribution in [0.3, 0.4) is 0 Å². The zero-order chi connectivity index (χ0) is 22.9. The minimum absolute atomic E-state index is 0.0748. The lowest BCUT2D eigenvalue weighted by atomic mass is 9.93. The summed E-state index contributed by atoms with van der Waals surface area (Å²) in [5.74, 6) is 0.490. The van der Waals surface area contributed by atoms with E-state index in [2.05, 4.69) is 20.1 Å². The zero-order valence-corrected chi connectivity index (χ0v) is 18.6. The van der Waals surface area contributed by atoms with E-state index in [-0.39, 0.29) is 11.6 Å². The third kappa shape index (κ3) is 4.13. The Hall–Kier alpha value is -3.55. The second kappa shape index (κ2) is 8.77. The number of anilines is 1. The van der Waals surface area contributed by atoms with Crippen LogP contribution in [0.4, 0.5) is 10.1 Å². The van der Waals surface area contributed by atoms with Gasteiger partial charge in [0.25, 0.3) is 0 Å². The fourth-order valence-corrected chi connectivity index (χ4v) is 4.76. The fourth-order valence-electron chi connectivity index (χ4n) is 4.76. The molecule has 0 bridgehead atoms. The van der Waals surface area contributed by atoms with Crippen molar-refractivity contribution in [2.75, 3.05) is 5.32 Å². The van der Waals surface area contributed by atoms with Gasteiger partial charge in [0.1, 0.15) is 17.7 Å². The molecule has 1 unspecified atom stereocenters. The highest BCUT2D eigenvalue weighted by atomic mass is 19.1. The molecule has 1 N–H and O–H groups in total. The maximum Gasteiger partial charge on any atom is 0.247 e. The first-order chi connectivity index (χ1) is 16.0. The van der Waals surface area contributed by atoms with Crippen LogP contribution >= 0.6 is 0 Å². The molecule has 1 atom stereocenters. The summed E-state index contributed by atoms with van der Waals surface area (Å²) in [5, 5.41) is 11.4. The number of nitrogens with one attached hydrogen (secondary N) is 1. The maximum atomic E-state index is 14.7. The molecule has 3 aromatic rings. The molecule has 2 aliphatic rings. The van der Waals surface area contributed by atoms with Crippen LogP contribution in [-0.2, 0) is 35.5 Å². The predicted octanol–water partition coefficient (Wildman–Crippen LogP) is 3.72. The van der Waals surface area contributed by atoms with E-state index in [0.29, 0.717) is 24.4 Å². The van der Waals surface area contributed by atoms with Gasteiger partial charge in [-0.3, -0.25) is 9.59 Å². The summed E-state index contributed by atoms with van der Waals surface area (Å²) < 4.78 is 16.8. The van der Waals surface area contributed by atoms with Gasteiger partial charge in [-0.25, -0.2) is 4.39 Å². The number of hydrogen-bond donors (Lipinski definition) is 1. The van der Waals surface area contributed by atoms with Crippen LogP contribution in [0, 0.1) is 5.82 Å². The monoisotopic (exact) mass is 447 g/mol. The van der Waals surface area contributed by atoms with Crippen LogP contribution in [0.1, 0.15) is 43.1 Å². The van der Waals surface area contributed by atoms with Gasteiger partial charge in [0.2, 0.25) is 11.8 Å². The number of fused-ring (bicyclic) bond motifs is 2. The summed E-state index contributed by atoms with van der Waals surface area (Å²) in [6, 6.07) is 11.7. The van der Waals surface area contributed by atoms with E-state index >= 15 is 0 Å². The summed E-state index contributed by atoms with van der Waals surface area (Å²) >= 11 is 0. The van der Waals surface area contributed by atoms with Gasteiger partial charge in [0.05, 0.1) is 5.69 Å². The molecule has 8 heteroatoms. The van der Waals surface area contributed by atoms with E-state index in [4.69, 9.17) is 0 Å². The molecule has 0 radical (unpaired) electrons. The lowest BCUT2D eigenvalue weighted by Gasteiger charge is -2.35. The topological polar surface area (TPSA) is 80.1 Å². The second-order valence-corrected chi connectivity index (χ2v) is 8.72. The first kappa shape index (κ1) is 21.3. The molecule has 170 valence electrons. The van der Waals surface area contributed by atoms with Gasteiger partial charge in [-0.1, -0.05) is 30.7 Å². The van der Waals surface area contributed by atoms with Crippen LogP contribution < -0.4 is 5.32 Å². The van der Waals surface area contributed by atoms with Gasteiger partial charge in [0.15, 0.2) is 5.82 Å². The van der Waals surface area contributed by atoms with Crippen LogP contribution in [0.25, 0.3) is 11.4 Å². The average molecular weight is 448 g/mol. The van der Waals surface area contributed by atoms with Gasteiger partial charge in [-0.05, 0) is 42.2 Å². The Morgan fingerprint density at radius 2 is 1.88 bits per heavy atom. The number of rotatable bonds is 3. The molecular weight excluding hydrogens is 421 g/mol. The number of nitrogens with zero attached hydrogens (tertiary/aromatic N) is 4. The van der Waals surface area contributed by atoms with Crippen molar-refractivity contribution in [2.45, 2.75) is 58.2 Å². The van der Waals surface area contributed by atoms with Gasteiger partial charge >= 0.3 is 0 Å². The molecule has 0 saturated heterocycles. The Morgan fingerprint density at radius 3 is 2.70 bits per heavy atom. The highest BCUT2D eigenvalue weighted by molar-refractivity contribution is 5.98. The third-order valence-corrected chi connectivity index (χ3v) is 6.55. The Labute approximate surface area is 191 Å². The maximum absolute atomic E-state index is 14.7. The number of carbonyl (C=O) groups excluding carboxylic acids is 2. The van der Waals surface area contributed by atoms with Crippen LogP contribution in [-0.4, -0.2) is 37.5 Å². The first-order valence-corrected chi connectivity index (χ1v) is 11.4. The van der Waals surface area contributed by atoms with Gasteiger partial charge in [-0.2, -0.15) is 0 Å². The van der Waals surface area contributed by atoms with Crippen molar-refractivity contribution in [3.63, 3.8) is 0 Å². The molecule has 0 fully saturated rings. The molecule has 2 aromatic carbocycles. The second-order valence-electron chi connectivity index (χ2n) is 8.72. The Bertz CT molecular complexity index is 1220. The summed E-state index contributed by atoms with van der Waals surface area (Å²) in [7, 11) is 0. The number of aromatic nitrogens is 3. The molecule has 2 amide bonds. The van der Waals surface area contributed by atoms with Gasteiger partial charge < -0.3 is 14.8 Å². The summed E-state index contributed by atoms with van der Waals surface area (Å²) in [4.78, 5) is 27.0. The average Bonchev–Trinajstić information content (AvgIpc) is 3.07. The van der Waals surface area contributed by atoms with Gasteiger partial charge in [0, 0.05) is 38.4 Å². The van der Waals surface area contributed by atoms with Crippen LogP contribution in [0.15, 0.2) is 42.5 Å². The van der Waals surface area contributed by atoms with Crippen molar-refractivity contribution >= 4 is 17.5 Å². The highest BCUT2D eigenvalue weighted by Gasteiger charge is 2.33. The van der Waals surface area contributed by atoms with Crippen molar-refractivity contribution in [3.8, 4) is 11.4 Å². The number of aryl methyl sites for hydroxylation is 1. The molecule has 3 heterocycles. The van der Waals surface area contributed by atoms with Gasteiger partial charge in [-0.15, -0.1) is 10.2 Å². The molecule has 1 aromatic heterocycles. The highest BCUT2D eigenvalue weighted by Crippen LogP contribution is 2.28. The van der Waals surface area contributed by atoms with E-state index in [1.54, 1.807) is 12.1 Å². The minimum Gasteiger partial charge on any atom is -0.326 e. The lowest BCUT2D eigenvalue weighted by molar-refractivity contribution is -0.138. The number of halogens is 1. The summed E-state index contributed by atoms with van der Waals surface area (Å²) in [6.07, 6.45) is 4.54. The predicted molar refractivity (Wildman–Crippen MR) is 122 cm³/mol. The molecule has 0 spiro atoms. The van der Waals surface area contributed by atoms with E-state index in [1.807, 2.05) is 24.3 Å². The smallest absolute Gasteiger partial charge is 0.247 e. The summed E-state index contributed by atoms with van der Waals surface area (Å²) in [5.41, 5.74) is 2.82. The minimum atomic E-state index is -0.704. The van der Waals surface area contributed by atoms with Crippen LogP contribution in [0.5, 0.6) is 0 Å². The number of benzene rings is 2.